The van der Waals surface area contributed by atoms with Crippen LogP contribution in [0.2, 0.25) is 0 Å². The summed E-state index contributed by atoms with van der Waals surface area (Å²) < 4.78 is 0. The van der Waals surface area contributed by atoms with E-state index in [1.54, 1.807) is 0 Å². The zero-order valence-electron chi connectivity index (χ0n) is 12.0. The van der Waals surface area contributed by atoms with Gasteiger partial charge in [-0.2, -0.15) is 0 Å². The predicted octanol–water partition coefficient (Wildman–Crippen LogP) is -1.68. The number of piperidine rings is 1. The number of carbonyl (C=O) groups is 1. The number of amides is 1. The van der Waals surface area contributed by atoms with E-state index in [1.807, 2.05) is 11.9 Å². The lowest BCUT2D eigenvalue weighted by molar-refractivity contribution is -0.131. The monoisotopic (exact) mass is 295 g/mol. The Bertz CT molecular complexity index is 559. The molecule has 21 heavy (non-hydrogen) atoms. The fraction of sp³-hybridized carbons (Fsp3) is 0.615. The molecule has 0 saturated carbocycles. The number of nitrogens with two attached hydrogens (primary N) is 1. The van der Waals surface area contributed by atoms with E-state index in [0.29, 0.717) is 31.8 Å². The highest BCUT2D eigenvalue weighted by atomic mass is 16.3. The number of nitrogens with one attached hydrogen (secondary N) is 2. The van der Waals surface area contributed by atoms with Gasteiger partial charge in [0.15, 0.2) is 0 Å². The zero-order chi connectivity index (χ0) is 15.4. The van der Waals surface area contributed by atoms with Crippen molar-refractivity contribution in [1.29, 1.82) is 0 Å². The molecular formula is C13H21N5O3. The van der Waals surface area contributed by atoms with E-state index in [0.717, 1.165) is 6.54 Å². The van der Waals surface area contributed by atoms with Crippen LogP contribution in [0.5, 0.6) is 0 Å². The third-order valence-electron chi connectivity index (χ3n) is 3.59. The molecule has 1 aromatic rings. The molecule has 1 aliphatic heterocycles. The maximum Gasteiger partial charge on any atom is 0.252 e. The molecule has 1 fully saturated rings. The largest absolute Gasteiger partial charge is 0.392 e. The van der Waals surface area contributed by atoms with E-state index >= 15 is 0 Å². The number of aliphatic hydroxyl groups is 1. The summed E-state index contributed by atoms with van der Waals surface area (Å²) in [6.07, 6.45) is 0.370. The van der Waals surface area contributed by atoms with Crippen molar-refractivity contribution in [1.82, 2.24) is 20.2 Å². The van der Waals surface area contributed by atoms with Crippen LogP contribution in [0, 0.1) is 5.92 Å². The van der Waals surface area contributed by atoms with Crippen molar-refractivity contribution in [2.45, 2.75) is 18.9 Å². The average molecular weight is 295 g/mol. The molecule has 2 atom stereocenters. The van der Waals surface area contributed by atoms with Crippen LogP contribution in [0.1, 0.15) is 12.2 Å². The molecule has 1 aromatic heterocycles. The number of anilines is 1. The summed E-state index contributed by atoms with van der Waals surface area (Å²) in [5.74, 6) is -0.0112. The van der Waals surface area contributed by atoms with Gasteiger partial charge < -0.3 is 26.0 Å². The van der Waals surface area contributed by atoms with E-state index in [4.69, 9.17) is 5.73 Å². The van der Waals surface area contributed by atoms with Crippen LogP contribution in [0.3, 0.4) is 0 Å². The lowest BCUT2D eigenvalue weighted by atomic mass is 9.94. The molecule has 2 heterocycles. The summed E-state index contributed by atoms with van der Waals surface area (Å²) >= 11 is 0. The Morgan fingerprint density at radius 3 is 3.14 bits per heavy atom. The van der Waals surface area contributed by atoms with Crippen LogP contribution in [0.4, 0.5) is 5.82 Å². The van der Waals surface area contributed by atoms with Gasteiger partial charge in [-0.3, -0.25) is 9.59 Å². The zero-order valence-corrected chi connectivity index (χ0v) is 12.0. The van der Waals surface area contributed by atoms with Crippen LogP contribution < -0.4 is 16.6 Å². The van der Waals surface area contributed by atoms with Gasteiger partial charge in [-0.1, -0.05) is 0 Å². The van der Waals surface area contributed by atoms with Gasteiger partial charge in [0.25, 0.3) is 5.56 Å². The second-order valence-corrected chi connectivity index (χ2v) is 5.38. The van der Waals surface area contributed by atoms with E-state index in [2.05, 4.69) is 15.3 Å². The smallest absolute Gasteiger partial charge is 0.252 e. The van der Waals surface area contributed by atoms with Gasteiger partial charge >= 0.3 is 0 Å². The van der Waals surface area contributed by atoms with Crippen LogP contribution in [-0.4, -0.2) is 58.7 Å². The first-order valence-electron chi connectivity index (χ1n) is 6.95. The standard InChI is InChI=1S/C13H21N5O3/c1-18-5-3-9(19)8(7-18)13(21)15-4-2-11-16-10(14)6-12(20)17-11/h6,8-9,19H,2-5,7H2,1H3,(H,15,21)(H3,14,16,17,20)/t8-,9-/m1/s1. The van der Waals surface area contributed by atoms with E-state index in [1.165, 1.54) is 6.07 Å². The van der Waals surface area contributed by atoms with Gasteiger partial charge in [0, 0.05) is 32.1 Å². The minimum Gasteiger partial charge on any atom is -0.392 e. The van der Waals surface area contributed by atoms with Crippen molar-refractivity contribution in [3.05, 3.63) is 22.2 Å². The van der Waals surface area contributed by atoms with Crippen LogP contribution in [0.25, 0.3) is 0 Å². The van der Waals surface area contributed by atoms with Crippen molar-refractivity contribution in [2.24, 2.45) is 5.92 Å². The summed E-state index contributed by atoms with van der Waals surface area (Å²) in [4.78, 5) is 31.9. The van der Waals surface area contributed by atoms with Crippen LogP contribution >= 0.6 is 0 Å². The molecule has 0 bridgehead atoms. The highest BCUT2D eigenvalue weighted by Crippen LogP contribution is 2.15. The molecule has 0 spiro atoms. The van der Waals surface area contributed by atoms with Crippen molar-refractivity contribution < 1.29 is 9.90 Å². The first-order valence-corrected chi connectivity index (χ1v) is 6.95. The number of aromatic nitrogens is 2. The van der Waals surface area contributed by atoms with Gasteiger partial charge in [-0.15, -0.1) is 0 Å². The number of likely N-dealkylation sites (tertiary alicyclic amines) is 1. The molecule has 1 aliphatic rings. The number of nitrogens with zero attached hydrogens (tertiary/aromatic N) is 2. The maximum absolute atomic E-state index is 12.1. The Morgan fingerprint density at radius 2 is 2.43 bits per heavy atom. The second kappa shape index (κ2) is 6.68. The van der Waals surface area contributed by atoms with Gasteiger partial charge in [0.05, 0.1) is 12.0 Å². The van der Waals surface area contributed by atoms with Crippen molar-refractivity contribution in [3.63, 3.8) is 0 Å². The molecule has 116 valence electrons. The molecule has 0 aliphatic carbocycles. The molecule has 0 aromatic carbocycles. The van der Waals surface area contributed by atoms with Gasteiger partial charge in [0.1, 0.15) is 11.6 Å². The molecule has 1 saturated heterocycles. The number of H-pyrrole nitrogens is 1. The van der Waals surface area contributed by atoms with E-state index in [-0.39, 0.29) is 17.3 Å². The third kappa shape index (κ3) is 4.27. The summed E-state index contributed by atoms with van der Waals surface area (Å²) in [7, 11) is 1.92. The Hall–Kier alpha value is -1.93. The second-order valence-electron chi connectivity index (χ2n) is 5.38. The van der Waals surface area contributed by atoms with Crippen LogP contribution in [-0.2, 0) is 11.2 Å². The molecule has 1 amide bonds. The summed E-state index contributed by atoms with van der Waals surface area (Å²) in [6, 6.07) is 1.20. The highest BCUT2D eigenvalue weighted by molar-refractivity contribution is 5.79. The van der Waals surface area contributed by atoms with Crippen LogP contribution in [0.15, 0.2) is 10.9 Å². The SMILES string of the molecule is CN1CC[C@@H](O)[C@H](C(=O)NCCc2nc(N)cc(=O)[nH]2)C1. The lowest BCUT2D eigenvalue weighted by Gasteiger charge is -2.32. The molecule has 0 radical (unpaired) electrons. The molecule has 0 unspecified atom stereocenters. The molecule has 8 nitrogen and oxygen atoms in total. The van der Waals surface area contributed by atoms with E-state index < -0.39 is 12.0 Å². The first kappa shape index (κ1) is 15.5. The predicted molar refractivity (Wildman–Crippen MR) is 77.6 cm³/mol. The van der Waals surface area contributed by atoms with Crippen molar-refractivity contribution >= 4 is 11.7 Å². The number of aliphatic hydroxyl groups excluding tert-OH is 1. The number of nitrogen functional groups attached to an aromatic ring is 1. The Morgan fingerprint density at radius 1 is 1.67 bits per heavy atom. The highest BCUT2D eigenvalue weighted by Gasteiger charge is 2.31. The van der Waals surface area contributed by atoms with Gasteiger partial charge in [0.2, 0.25) is 5.91 Å². The fourth-order valence-corrected chi connectivity index (χ4v) is 2.44. The quantitative estimate of drug-likeness (QED) is 0.526. The number of carbonyl (C=O) groups excluding carboxylic acids is 1. The number of hydrogen-bond donors (Lipinski definition) is 4. The number of rotatable bonds is 4. The van der Waals surface area contributed by atoms with Gasteiger partial charge in [-0.05, 0) is 13.5 Å². The molecule has 8 heteroatoms. The number of hydrogen-bond acceptors (Lipinski definition) is 6. The summed E-state index contributed by atoms with van der Waals surface area (Å²) in [5.41, 5.74) is 5.17. The first-order chi connectivity index (χ1) is 9.95. The fourth-order valence-electron chi connectivity index (χ4n) is 2.44. The van der Waals surface area contributed by atoms with Crippen molar-refractivity contribution in [3.8, 4) is 0 Å². The topological polar surface area (TPSA) is 124 Å². The van der Waals surface area contributed by atoms with Gasteiger partial charge in [-0.25, -0.2) is 4.98 Å². The summed E-state index contributed by atoms with van der Waals surface area (Å²) in [6.45, 7) is 1.66. The molecule has 5 N–H and O–H groups in total. The maximum atomic E-state index is 12.1. The minimum atomic E-state index is -0.605. The lowest BCUT2D eigenvalue weighted by Crippen LogP contribution is -2.49. The molecular weight excluding hydrogens is 274 g/mol. The Labute approximate surface area is 122 Å². The normalized spacial score (nSPS) is 23.0. The Balaban J connectivity index is 1.85. The van der Waals surface area contributed by atoms with Crippen molar-refractivity contribution in [2.75, 3.05) is 32.4 Å². The third-order valence-corrected chi connectivity index (χ3v) is 3.59. The average Bonchev–Trinajstić information content (AvgIpc) is 2.40. The Kier molecular flexibility index (Phi) is 4.92. The minimum absolute atomic E-state index is 0.157. The number of aromatic amines is 1. The van der Waals surface area contributed by atoms with E-state index in [9.17, 15) is 14.7 Å². The molecule has 2 rings (SSSR count). The summed E-state index contributed by atoms with van der Waals surface area (Å²) in [5, 5.41) is 12.6.